The zero-order valence-electron chi connectivity index (χ0n) is 14.4. The van der Waals surface area contributed by atoms with Crippen LogP contribution in [-0.4, -0.2) is 41.3 Å². The third-order valence-corrected chi connectivity index (χ3v) is 4.65. The SMILES string of the molecule is CC(C)(C)OC(=O)N1CCC(CCCOCc2cncs2)CC1. The third kappa shape index (κ3) is 6.87. The van der Waals surface area contributed by atoms with E-state index in [4.69, 9.17) is 9.47 Å². The topological polar surface area (TPSA) is 51.7 Å². The van der Waals surface area contributed by atoms with Crippen molar-refractivity contribution in [2.45, 2.75) is 58.7 Å². The molecule has 2 heterocycles. The van der Waals surface area contributed by atoms with Crippen molar-refractivity contribution < 1.29 is 14.3 Å². The Morgan fingerprint density at radius 3 is 2.74 bits per heavy atom. The van der Waals surface area contributed by atoms with E-state index in [9.17, 15) is 4.79 Å². The van der Waals surface area contributed by atoms with E-state index < -0.39 is 5.60 Å². The number of likely N-dealkylation sites (tertiary alicyclic amines) is 1. The Kier molecular flexibility index (Phi) is 6.84. The van der Waals surface area contributed by atoms with Crippen LogP contribution in [0.4, 0.5) is 4.79 Å². The molecular weight excluding hydrogens is 312 g/mol. The van der Waals surface area contributed by atoms with E-state index in [2.05, 4.69) is 4.98 Å². The molecule has 5 nitrogen and oxygen atoms in total. The van der Waals surface area contributed by atoms with Crippen LogP contribution >= 0.6 is 11.3 Å². The Labute approximate surface area is 143 Å². The lowest BCUT2D eigenvalue weighted by Crippen LogP contribution is -2.41. The van der Waals surface area contributed by atoms with Crippen molar-refractivity contribution in [1.29, 1.82) is 0 Å². The molecule has 0 bridgehead atoms. The molecule has 0 radical (unpaired) electrons. The number of carbonyl (C=O) groups excluding carboxylic acids is 1. The van der Waals surface area contributed by atoms with Crippen LogP contribution in [0.25, 0.3) is 0 Å². The van der Waals surface area contributed by atoms with Crippen LogP contribution in [-0.2, 0) is 16.1 Å². The van der Waals surface area contributed by atoms with Gasteiger partial charge < -0.3 is 14.4 Å². The summed E-state index contributed by atoms with van der Waals surface area (Å²) in [5, 5.41) is 0. The van der Waals surface area contributed by atoms with E-state index in [-0.39, 0.29) is 6.09 Å². The van der Waals surface area contributed by atoms with Crippen LogP contribution in [0, 0.1) is 5.92 Å². The van der Waals surface area contributed by atoms with Gasteiger partial charge in [0, 0.05) is 25.9 Å². The fourth-order valence-corrected chi connectivity index (χ4v) is 3.22. The number of hydrogen-bond acceptors (Lipinski definition) is 5. The molecule has 0 spiro atoms. The van der Waals surface area contributed by atoms with Crippen LogP contribution in [0.2, 0.25) is 0 Å². The van der Waals surface area contributed by atoms with Gasteiger partial charge in [-0.2, -0.15) is 0 Å². The summed E-state index contributed by atoms with van der Waals surface area (Å²) < 4.78 is 11.1. The van der Waals surface area contributed by atoms with Gasteiger partial charge in [-0.05, 0) is 52.4 Å². The maximum atomic E-state index is 12.0. The van der Waals surface area contributed by atoms with Crippen LogP contribution in [0.15, 0.2) is 11.7 Å². The van der Waals surface area contributed by atoms with Crippen LogP contribution in [0.5, 0.6) is 0 Å². The molecular formula is C17H28N2O3S. The summed E-state index contributed by atoms with van der Waals surface area (Å²) in [4.78, 5) is 19.1. The standard InChI is InChI=1S/C17H28N2O3S/c1-17(2,3)22-16(20)19-8-6-14(7-9-19)5-4-10-21-12-15-11-18-13-23-15/h11,13-14H,4-10,12H2,1-3H3. The number of amides is 1. The minimum atomic E-state index is -0.413. The Bertz CT molecular complexity index is 463. The Balaban J connectivity index is 1.55. The number of piperidine rings is 1. The highest BCUT2D eigenvalue weighted by Gasteiger charge is 2.26. The summed E-state index contributed by atoms with van der Waals surface area (Å²) in [5.74, 6) is 0.695. The first-order valence-corrected chi connectivity index (χ1v) is 9.25. The molecule has 0 saturated carbocycles. The van der Waals surface area contributed by atoms with Crippen molar-refractivity contribution in [3.05, 3.63) is 16.6 Å². The number of hydrogen-bond donors (Lipinski definition) is 0. The Hall–Kier alpha value is -1.14. The minimum absolute atomic E-state index is 0.177. The van der Waals surface area contributed by atoms with Crippen molar-refractivity contribution in [3.8, 4) is 0 Å². The number of aromatic nitrogens is 1. The molecule has 1 aliphatic heterocycles. The van der Waals surface area contributed by atoms with E-state index in [1.165, 1.54) is 11.3 Å². The zero-order chi connectivity index (χ0) is 16.7. The lowest BCUT2D eigenvalue weighted by Gasteiger charge is -2.33. The average molecular weight is 340 g/mol. The van der Waals surface area contributed by atoms with Gasteiger partial charge in [0.05, 0.1) is 17.0 Å². The first-order chi connectivity index (χ1) is 10.9. The highest BCUT2D eigenvalue weighted by atomic mass is 32.1. The second kappa shape index (κ2) is 8.64. The smallest absolute Gasteiger partial charge is 0.410 e. The molecule has 0 unspecified atom stereocenters. The normalized spacial score (nSPS) is 16.6. The van der Waals surface area contributed by atoms with Gasteiger partial charge in [-0.15, -0.1) is 11.3 Å². The Morgan fingerprint density at radius 2 is 2.13 bits per heavy atom. The average Bonchev–Trinajstić information content (AvgIpc) is 2.99. The summed E-state index contributed by atoms with van der Waals surface area (Å²) in [7, 11) is 0. The molecule has 1 aliphatic rings. The van der Waals surface area contributed by atoms with Gasteiger partial charge in [0.15, 0.2) is 0 Å². The minimum Gasteiger partial charge on any atom is -0.444 e. The van der Waals surface area contributed by atoms with E-state index >= 15 is 0 Å². The lowest BCUT2D eigenvalue weighted by atomic mass is 9.92. The maximum absolute atomic E-state index is 12.0. The second-order valence-electron chi connectivity index (χ2n) is 7.07. The molecule has 1 fully saturated rings. The summed E-state index contributed by atoms with van der Waals surface area (Å²) in [6.45, 7) is 8.80. The number of carbonyl (C=O) groups is 1. The molecule has 2 rings (SSSR count). The van der Waals surface area contributed by atoms with Crippen molar-refractivity contribution >= 4 is 17.4 Å². The number of thiazole rings is 1. The summed E-state index contributed by atoms with van der Waals surface area (Å²) >= 11 is 1.63. The highest BCUT2D eigenvalue weighted by molar-refractivity contribution is 7.09. The zero-order valence-corrected chi connectivity index (χ0v) is 15.2. The van der Waals surface area contributed by atoms with Crippen molar-refractivity contribution in [2.24, 2.45) is 5.92 Å². The Morgan fingerprint density at radius 1 is 1.39 bits per heavy atom. The van der Waals surface area contributed by atoms with Gasteiger partial charge in [-0.3, -0.25) is 4.98 Å². The first kappa shape index (κ1) is 18.2. The summed E-state index contributed by atoms with van der Waals surface area (Å²) in [5.41, 5.74) is 1.42. The molecule has 1 aromatic heterocycles. The maximum Gasteiger partial charge on any atom is 0.410 e. The molecule has 1 amide bonds. The molecule has 130 valence electrons. The molecule has 6 heteroatoms. The molecule has 0 aliphatic carbocycles. The van der Waals surface area contributed by atoms with E-state index in [0.717, 1.165) is 39.0 Å². The van der Waals surface area contributed by atoms with Crippen LogP contribution < -0.4 is 0 Å². The van der Waals surface area contributed by atoms with E-state index in [0.29, 0.717) is 12.5 Å². The molecule has 0 N–H and O–H groups in total. The molecule has 0 aromatic carbocycles. The molecule has 1 saturated heterocycles. The quantitative estimate of drug-likeness (QED) is 0.732. The van der Waals surface area contributed by atoms with Gasteiger partial charge in [0.1, 0.15) is 5.60 Å². The fraction of sp³-hybridized carbons (Fsp3) is 0.765. The first-order valence-electron chi connectivity index (χ1n) is 8.37. The predicted octanol–water partition coefficient (Wildman–Crippen LogP) is 4.09. The van der Waals surface area contributed by atoms with Gasteiger partial charge >= 0.3 is 6.09 Å². The number of nitrogens with zero attached hydrogens (tertiary/aromatic N) is 2. The van der Waals surface area contributed by atoms with Gasteiger partial charge in [-0.25, -0.2) is 4.79 Å². The monoisotopic (exact) mass is 340 g/mol. The predicted molar refractivity (Wildman–Crippen MR) is 91.5 cm³/mol. The van der Waals surface area contributed by atoms with Crippen molar-refractivity contribution in [3.63, 3.8) is 0 Å². The number of rotatable bonds is 6. The molecule has 1 aromatic rings. The largest absolute Gasteiger partial charge is 0.444 e. The third-order valence-electron chi connectivity index (χ3n) is 3.90. The van der Waals surface area contributed by atoms with Gasteiger partial charge in [-0.1, -0.05) is 0 Å². The summed E-state index contributed by atoms with van der Waals surface area (Å²) in [6, 6.07) is 0. The fourth-order valence-electron chi connectivity index (χ4n) is 2.69. The second-order valence-corrected chi connectivity index (χ2v) is 8.04. The van der Waals surface area contributed by atoms with E-state index in [1.54, 1.807) is 11.3 Å². The molecule has 23 heavy (non-hydrogen) atoms. The van der Waals surface area contributed by atoms with Gasteiger partial charge in [0.2, 0.25) is 0 Å². The van der Waals surface area contributed by atoms with E-state index in [1.807, 2.05) is 37.4 Å². The summed E-state index contributed by atoms with van der Waals surface area (Å²) in [6.07, 6.45) is 6.06. The van der Waals surface area contributed by atoms with Crippen LogP contribution in [0.1, 0.15) is 51.3 Å². The lowest BCUT2D eigenvalue weighted by molar-refractivity contribution is 0.0176. The van der Waals surface area contributed by atoms with Crippen molar-refractivity contribution in [2.75, 3.05) is 19.7 Å². The molecule has 0 atom stereocenters. The highest BCUT2D eigenvalue weighted by Crippen LogP contribution is 2.23. The van der Waals surface area contributed by atoms with Crippen molar-refractivity contribution in [1.82, 2.24) is 9.88 Å². The van der Waals surface area contributed by atoms with Gasteiger partial charge in [0.25, 0.3) is 0 Å². The number of ether oxygens (including phenoxy) is 2. The van der Waals surface area contributed by atoms with Crippen LogP contribution in [0.3, 0.4) is 0 Å².